The number of likely N-dealkylation sites (tertiary alicyclic amines) is 1. The molecule has 4 rings (SSSR count). The van der Waals surface area contributed by atoms with Gasteiger partial charge in [0.1, 0.15) is 11.5 Å². The first-order valence-corrected chi connectivity index (χ1v) is 9.59. The minimum Gasteiger partial charge on any atom is -0.465 e. The van der Waals surface area contributed by atoms with Crippen LogP contribution >= 0.6 is 0 Å². The maximum absolute atomic E-state index is 13.4. The number of hydrogen-bond acceptors (Lipinski definition) is 4. The molecule has 2 aromatic heterocycles. The summed E-state index contributed by atoms with van der Waals surface area (Å²) in [6.07, 6.45) is 9.81. The van der Waals surface area contributed by atoms with Gasteiger partial charge in [-0.1, -0.05) is 0 Å². The van der Waals surface area contributed by atoms with Crippen molar-refractivity contribution in [2.45, 2.75) is 64.5 Å². The number of carbonyl (C=O) groups excluding carboxylic acids is 2. The van der Waals surface area contributed by atoms with Crippen molar-refractivity contribution in [2.75, 3.05) is 6.54 Å². The van der Waals surface area contributed by atoms with Crippen molar-refractivity contribution in [2.24, 2.45) is 0 Å². The Morgan fingerprint density at radius 3 is 3.00 bits per heavy atom. The molecule has 1 aliphatic carbocycles. The number of nitrogens with zero attached hydrogens (tertiary/aromatic N) is 3. The lowest BCUT2D eigenvalue weighted by Gasteiger charge is -2.36. The molecule has 0 spiro atoms. The van der Waals surface area contributed by atoms with E-state index in [1.165, 1.54) is 0 Å². The highest BCUT2D eigenvalue weighted by atomic mass is 16.3. The second-order valence-corrected chi connectivity index (χ2v) is 7.31. The minimum atomic E-state index is -0.0343. The number of furan rings is 1. The van der Waals surface area contributed by atoms with Gasteiger partial charge in [-0.05, 0) is 45.1 Å². The molecule has 0 saturated carbocycles. The van der Waals surface area contributed by atoms with Crippen LogP contribution in [0.15, 0.2) is 22.9 Å². The third-order valence-corrected chi connectivity index (χ3v) is 5.60. The van der Waals surface area contributed by atoms with Gasteiger partial charge in [0.2, 0.25) is 0 Å². The fourth-order valence-corrected chi connectivity index (χ4v) is 4.29. The number of Topliss-reactive ketones (excluding diaryl/α,β-unsaturated/α-hetero) is 1. The van der Waals surface area contributed by atoms with Crippen molar-refractivity contribution < 1.29 is 14.0 Å². The van der Waals surface area contributed by atoms with Gasteiger partial charge in [-0.15, -0.1) is 0 Å². The number of ketones is 1. The molecule has 0 bridgehead atoms. The Kier molecular flexibility index (Phi) is 4.66. The molecule has 1 atom stereocenters. The lowest BCUT2D eigenvalue weighted by atomic mass is 9.91. The molecule has 6 nitrogen and oxygen atoms in total. The standard InChI is InChI=1S/C20H25N3O3/c1-14-18(19-16(24)7-4-8-17(19)26-14)20(25)23-12-3-2-6-15(23)9-13-22-11-5-10-21-22/h5,10-11,15H,2-4,6-9,12-13H2,1H3/t15-/m1/s1. The zero-order valence-corrected chi connectivity index (χ0v) is 15.2. The van der Waals surface area contributed by atoms with Crippen LogP contribution in [0.1, 0.15) is 70.8 Å². The van der Waals surface area contributed by atoms with Gasteiger partial charge >= 0.3 is 0 Å². The smallest absolute Gasteiger partial charge is 0.258 e. The van der Waals surface area contributed by atoms with Gasteiger partial charge in [0.15, 0.2) is 5.78 Å². The molecule has 2 aliphatic rings. The summed E-state index contributed by atoms with van der Waals surface area (Å²) in [5.41, 5.74) is 1.06. The number of aryl methyl sites for hydroxylation is 3. The Hall–Kier alpha value is -2.37. The lowest BCUT2D eigenvalue weighted by Crippen LogP contribution is -2.44. The molecule has 0 aromatic carbocycles. The Morgan fingerprint density at radius 2 is 2.19 bits per heavy atom. The molecule has 1 aliphatic heterocycles. The summed E-state index contributed by atoms with van der Waals surface area (Å²) in [5.74, 6) is 1.31. The molecule has 0 radical (unpaired) electrons. The van der Waals surface area contributed by atoms with E-state index in [9.17, 15) is 9.59 Å². The predicted octanol–water partition coefficient (Wildman–Crippen LogP) is 3.39. The van der Waals surface area contributed by atoms with E-state index in [2.05, 4.69) is 5.10 Å². The first kappa shape index (κ1) is 17.1. The van der Waals surface area contributed by atoms with Crippen molar-refractivity contribution in [1.29, 1.82) is 0 Å². The third-order valence-electron chi connectivity index (χ3n) is 5.60. The van der Waals surface area contributed by atoms with Crippen LogP contribution in [0.4, 0.5) is 0 Å². The highest BCUT2D eigenvalue weighted by Crippen LogP contribution is 2.32. The molecule has 0 N–H and O–H groups in total. The highest BCUT2D eigenvalue weighted by Gasteiger charge is 2.35. The van der Waals surface area contributed by atoms with E-state index in [1.54, 1.807) is 6.20 Å². The van der Waals surface area contributed by atoms with Crippen LogP contribution in [0.25, 0.3) is 0 Å². The van der Waals surface area contributed by atoms with Gasteiger partial charge in [-0.3, -0.25) is 14.3 Å². The van der Waals surface area contributed by atoms with E-state index in [1.807, 2.05) is 28.8 Å². The van der Waals surface area contributed by atoms with Gasteiger partial charge < -0.3 is 9.32 Å². The maximum Gasteiger partial charge on any atom is 0.258 e. The van der Waals surface area contributed by atoms with Gasteiger partial charge in [-0.25, -0.2) is 0 Å². The average molecular weight is 355 g/mol. The van der Waals surface area contributed by atoms with Crippen LogP contribution in [0, 0.1) is 6.92 Å². The zero-order valence-electron chi connectivity index (χ0n) is 15.2. The fourth-order valence-electron chi connectivity index (χ4n) is 4.29. The van der Waals surface area contributed by atoms with Crippen LogP contribution in [-0.2, 0) is 13.0 Å². The Balaban J connectivity index is 1.58. The molecular formula is C20H25N3O3. The Bertz CT molecular complexity index is 807. The number of amides is 1. The lowest BCUT2D eigenvalue weighted by molar-refractivity contribution is 0.0589. The number of rotatable bonds is 4. The monoisotopic (exact) mass is 355 g/mol. The first-order valence-electron chi connectivity index (χ1n) is 9.59. The predicted molar refractivity (Wildman–Crippen MR) is 96.2 cm³/mol. The van der Waals surface area contributed by atoms with E-state index in [0.717, 1.165) is 51.6 Å². The van der Waals surface area contributed by atoms with E-state index >= 15 is 0 Å². The van der Waals surface area contributed by atoms with E-state index in [-0.39, 0.29) is 17.7 Å². The van der Waals surface area contributed by atoms with Crippen molar-refractivity contribution in [3.05, 3.63) is 41.1 Å². The van der Waals surface area contributed by atoms with Crippen LogP contribution in [-0.4, -0.2) is 39.0 Å². The summed E-state index contributed by atoms with van der Waals surface area (Å²) in [4.78, 5) is 27.8. The molecule has 1 fully saturated rings. The molecule has 26 heavy (non-hydrogen) atoms. The highest BCUT2D eigenvalue weighted by molar-refractivity contribution is 6.10. The summed E-state index contributed by atoms with van der Waals surface area (Å²) in [6.45, 7) is 3.35. The minimum absolute atomic E-state index is 0.0343. The Labute approximate surface area is 153 Å². The van der Waals surface area contributed by atoms with E-state index in [0.29, 0.717) is 29.1 Å². The molecule has 138 valence electrons. The second-order valence-electron chi connectivity index (χ2n) is 7.31. The summed E-state index contributed by atoms with van der Waals surface area (Å²) < 4.78 is 7.70. The molecule has 0 unspecified atom stereocenters. The summed E-state index contributed by atoms with van der Waals surface area (Å²) in [6, 6.07) is 2.10. The van der Waals surface area contributed by atoms with E-state index < -0.39 is 0 Å². The van der Waals surface area contributed by atoms with Gasteiger partial charge in [-0.2, -0.15) is 5.10 Å². The summed E-state index contributed by atoms with van der Waals surface area (Å²) >= 11 is 0. The second kappa shape index (κ2) is 7.09. The van der Waals surface area contributed by atoms with Gasteiger partial charge in [0.05, 0.1) is 11.1 Å². The maximum atomic E-state index is 13.4. The number of hydrogen-bond donors (Lipinski definition) is 0. The largest absolute Gasteiger partial charge is 0.465 e. The van der Waals surface area contributed by atoms with Crippen molar-refractivity contribution >= 4 is 11.7 Å². The van der Waals surface area contributed by atoms with Crippen LogP contribution in [0.2, 0.25) is 0 Å². The van der Waals surface area contributed by atoms with Crippen molar-refractivity contribution in [3.8, 4) is 0 Å². The topological polar surface area (TPSA) is 68.3 Å². The van der Waals surface area contributed by atoms with Crippen molar-refractivity contribution in [1.82, 2.24) is 14.7 Å². The summed E-state index contributed by atoms with van der Waals surface area (Å²) in [7, 11) is 0. The third kappa shape index (κ3) is 3.08. The number of carbonyl (C=O) groups is 2. The SMILES string of the molecule is Cc1oc2c(c1C(=O)N1CCCC[C@@H]1CCn1cccn1)C(=O)CCC2. The molecular weight excluding hydrogens is 330 g/mol. The molecule has 1 amide bonds. The van der Waals surface area contributed by atoms with E-state index in [4.69, 9.17) is 4.42 Å². The quantitative estimate of drug-likeness (QED) is 0.843. The summed E-state index contributed by atoms with van der Waals surface area (Å²) in [5, 5.41) is 4.26. The van der Waals surface area contributed by atoms with Gasteiger partial charge in [0, 0.05) is 44.4 Å². The number of fused-ring (bicyclic) bond motifs is 1. The van der Waals surface area contributed by atoms with Crippen molar-refractivity contribution in [3.63, 3.8) is 0 Å². The fraction of sp³-hybridized carbons (Fsp3) is 0.550. The number of aromatic nitrogens is 2. The average Bonchev–Trinajstić information content (AvgIpc) is 3.27. The normalized spacial score (nSPS) is 20.3. The molecule has 1 saturated heterocycles. The number of piperidine rings is 1. The van der Waals surface area contributed by atoms with Gasteiger partial charge in [0.25, 0.3) is 5.91 Å². The zero-order chi connectivity index (χ0) is 18.1. The molecule has 6 heteroatoms. The van der Waals surface area contributed by atoms with Crippen LogP contribution in [0.3, 0.4) is 0 Å². The Morgan fingerprint density at radius 1 is 1.31 bits per heavy atom. The molecule has 3 heterocycles. The first-order chi connectivity index (χ1) is 12.6. The van der Waals surface area contributed by atoms with Crippen LogP contribution < -0.4 is 0 Å². The molecule has 2 aromatic rings. The van der Waals surface area contributed by atoms with Crippen LogP contribution in [0.5, 0.6) is 0 Å².